The Morgan fingerprint density at radius 2 is 1.22 bits per heavy atom. The van der Waals surface area contributed by atoms with Gasteiger partial charge < -0.3 is 25.6 Å². The predicted molar refractivity (Wildman–Crippen MR) is 141 cm³/mol. The highest BCUT2D eigenvalue weighted by molar-refractivity contribution is 5.94. The molecule has 10 heteroatoms. The highest BCUT2D eigenvalue weighted by Crippen LogP contribution is 2.13. The lowest BCUT2D eigenvalue weighted by atomic mass is 10.0. The van der Waals surface area contributed by atoms with Crippen LogP contribution >= 0.6 is 0 Å². The van der Waals surface area contributed by atoms with Gasteiger partial charge in [-0.2, -0.15) is 0 Å². The van der Waals surface area contributed by atoms with E-state index in [2.05, 4.69) is 16.0 Å². The van der Waals surface area contributed by atoms with Crippen molar-refractivity contribution in [1.82, 2.24) is 21.3 Å². The molecule has 3 amide bonds. The number of nitrogens with one attached hydrogen (secondary N) is 4. The zero-order valence-electron chi connectivity index (χ0n) is 22.7. The third kappa shape index (κ3) is 18.1. The highest BCUT2D eigenvalue weighted by Gasteiger charge is 2.27. The van der Waals surface area contributed by atoms with Crippen LogP contribution in [0.2, 0.25) is 0 Å². The molecule has 0 bridgehead atoms. The van der Waals surface area contributed by atoms with E-state index >= 15 is 0 Å². The molecule has 6 N–H and O–H groups in total. The van der Waals surface area contributed by atoms with Gasteiger partial charge in [0.25, 0.3) is 0 Å². The van der Waals surface area contributed by atoms with Crippen LogP contribution in [0.25, 0.3) is 0 Å². The zero-order chi connectivity index (χ0) is 27.3. The van der Waals surface area contributed by atoms with E-state index in [1.807, 2.05) is 19.2 Å². The van der Waals surface area contributed by atoms with E-state index in [-0.39, 0.29) is 12.0 Å². The number of carbonyl (C=O) groups is 4. The Kier molecular flexibility index (Phi) is 19.7. The number of carbonyl (C=O) groups excluding carboxylic acids is 2. The van der Waals surface area contributed by atoms with E-state index in [1.54, 1.807) is 13.8 Å². The summed E-state index contributed by atoms with van der Waals surface area (Å²) < 4.78 is 0. The van der Waals surface area contributed by atoms with Crippen molar-refractivity contribution in [3.05, 3.63) is 0 Å². The van der Waals surface area contributed by atoms with Crippen LogP contribution < -0.4 is 21.3 Å². The molecule has 0 saturated carbocycles. The van der Waals surface area contributed by atoms with E-state index in [1.165, 1.54) is 38.5 Å². The molecule has 0 heterocycles. The fourth-order valence-electron chi connectivity index (χ4n) is 4.09. The molecule has 0 fully saturated rings. The van der Waals surface area contributed by atoms with Gasteiger partial charge in [0, 0.05) is 0 Å². The first-order valence-electron chi connectivity index (χ1n) is 13.6. The number of hydrogen-bond donors (Lipinski definition) is 6. The van der Waals surface area contributed by atoms with Crippen LogP contribution in [0.15, 0.2) is 0 Å². The molecular formula is C26H50N4O6. The molecule has 0 aliphatic heterocycles. The summed E-state index contributed by atoms with van der Waals surface area (Å²) in [5, 5.41) is 28.4. The Morgan fingerprint density at radius 1 is 0.722 bits per heavy atom. The lowest BCUT2D eigenvalue weighted by Gasteiger charge is -2.27. The first kappa shape index (κ1) is 33.8. The van der Waals surface area contributed by atoms with Gasteiger partial charge in [0.1, 0.15) is 6.29 Å². The summed E-state index contributed by atoms with van der Waals surface area (Å²) in [6, 6.07) is -0.856. The van der Waals surface area contributed by atoms with Gasteiger partial charge in [-0.15, -0.1) is 0 Å². The van der Waals surface area contributed by atoms with Crippen LogP contribution in [-0.4, -0.2) is 59.4 Å². The average molecular weight is 515 g/mol. The van der Waals surface area contributed by atoms with Crippen molar-refractivity contribution in [3.63, 3.8) is 0 Å². The van der Waals surface area contributed by atoms with Crippen LogP contribution in [0.5, 0.6) is 0 Å². The molecule has 210 valence electrons. The number of rotatable bonds is 22. The fraction of sp³-hybridized carbons (Fsp3) is 0.846. The minimum absolute atomic E-state index is 0.0390. The number of amides is 3. The topological polar surface area (TPSA) is 157 Å². The maximum absolute atomic E-state index is 12.1. The normalized spacial score (nSPS) is 13.8. The second-order valence-corrected chi connectivity index (χ2v) is 10.2. The standard InChI is InChI=1S/C26H50N4O6/c1-19(2)21(18-31)27-17-15-13-11-9-7-5-6-8-10-12-14-16-22(29-25(33)34)28-23(20(3)4)24(32)30-26(35)36/h18-23,27-29H,5-17H2,1-4H3,(H,30,32)(H,33,34)(H,35,36)/t21?,22?,23-/m0/s1. The van der Waals surface area contributed by atoms with Crippen molar-refractivity contribution >= 4 is 24.4 Å². The Labute approximate surface area is 216 Å². The maximum Gasteiger partial charge on any atom is 0.411 e. The van der Waals surface area contributed by atoms with E-state index < -0.39 is 30.3 Å². The molecule has 2 unspecified atom stereocenters. The first-order valence-corrected chi connectivity index (χ1v) is 13.6. The van der Waals surface area contributed by atoms with Gasteiger partial charge in [0.05, 0.1) is 18.2 Å². The summed E-state index contributed by atoms with van der Waals surface area (Å²) in [5.74, 6) is -0.569. The number of carboxylic acid groups (broad SMARTS) is 2. The van der Waals surface area contributed by atoms with Crippen molar-refractivity contribution in [1.29, 1.82) is 0 Å². The van der Waals surface area contributed by atoms with Gasteiger partial charge in [-0.05, 0) is 31.2 Å². The molecule has 0 radical (unpaired) electrons. The number of aldehydes is 1. The molecule has 0 saturated heterocycles. The van der Waals surface area contributed by atoms with Crippen molar-refractivity contribution in [3.8, 4) is 0 Å². The molecule has 0 aromatic heterocycles. The van der Waals surface area contributed by atoms with Crippen molar-refractivity contribution in [2.45, 2.75) is 123 Å². The number of hydrogen-bond acceptors (Lipinski definition) is 6. The molecule has 10 nitrogen and oxygen atoms in total. The molecular weight excluding hydrogens is 464 g/mol. The molecule has 0 spiro atoms. The molecule has 0 aromatic rings. The van der Waals surface area contributed by atoms with Crippen LogP contribution in [0.3, 0.4) is 0 Å². The minimum Gasteiger partial charge on any atom is -0.465 e. The van der Waals surface area contributed by atoms with Crippen LogP contribution in [-0.2, 0) is 9.59 Å². The summed E-state index contributed by atoms with van der Waals surface area (Å²) >= 11 is 0. The zero-order valence-corrected chi connectivity index (χ0v) is 22.7. The van der Waals surface area contributed by atoms with Crippen molar-refractivity contribution in [2.24, 2.45) is 11.8 Å². The molecule has 0 aromatic carbocycles. The summed E-state index contributed by atoms with van der Waals surface area (Å²) in [4.78, 5) is 45.0. The maximum atomic E-state index is 12.1. The Morgan fingerprint density at radius 3 is 1.64 bits per heavy atom. The molecule has 0 rings (SSSR count). The van der Waals surface area contributed by atoms with Gasteiger partial charge in [-0.1, -0.05) is 91.9 Å². The lowest BCUT2D eigenvalue weighted by molar-refractivity contribution is -0.123. The number of imide groups is 1. The largest absolute Gasteiger partial charge is 0.465 e. The SMILES string of the molecule is CC(C)C(C=O)NCCCCCCCCCCCCCC(NC(=O)O)N[C@H](C(=O)NC(=O)O)C(C)C. The van der Waals surface area contributed by atoms with Crippen LogP contribution in [0.1, 0.15) is 105 Å². The van der Waals surface area contributed by atoms with Crippen molar-refractivity contribution in [2.75, 3.05) is 6.54 Å². The highest BCUT2D eigenvalue weighted by atomic mass is 16.4. The minimum atomic E-state index is -1.43. The van der Waals surface area contributed by atoms with E-state index in [0.29, 0.717) is 12.3 Å². The quantitative estimate of drug-likeness (QED) is 0.0701. The lowest BCUT2D eigenvalue weighted by Crippen LogP contribution is -2.56. The Bertz CT molecular complexity index is 630. The second kappa shape index (κ2) is 20.9. The van der Waals surface area contributed by atoms with E-state index in [9.17, 15) is 19.2 Å². The van der Waals surface area contributed by atoms with Gasteiger partial charge in [0.2, 0.25) is 5.91 Å². The fourth-order valence-corrected chi connectivity index (χ4v) is 4.09. The molecule has 36 heavy (non-hydrogen) atoms. The average Bonchev–Trinajstić information content (AvgIpc) is 2.78. The summed E-state index contributed by atoms with van der Waals surface area (Å²) in [5.41, 5.74) is 0. The summed E-state index contributed by atoms with van der Waals surface area (Å²) in [6.45, 7) is 8.53. The first-order chi connectivity index (χ1) is 17.1. The molecule has 3 atom stereocenters. The van der Waals surface area contributed by atoms with Gasteiger partial charge in [-0.25, -0.2) is 9.59 Å². The molecule has 0 aliphatic rings. The van der Waals surface area contributed by atoms with Crippen LogP contribution in [0, 0.1) is 11.8 Å². The third-order valence-corrected chi connectivity index (χ3v) is 6.27. The van der Waals surface area contributed by atoms with Crippen molar-refractivity contribution < 1.29 is 29.4 Å². The van der Waals surface area contributed by atoms with Gasteiger partial charge in [0.15, 0.2) is 0 Å². The second-order valence-electron chi connectivity index (χ2n) is 10.2. The predicted octanol–water partition coefficient (Wildman–Crippen LogP) is 4.48. The monoisotopic (exact) mass is 514 g/mol. The smallest absolute Gasteiger partial charge is 0.411 e. The van der Waals surface area contributed by atoms with Gasteiger partial charge in [-0.3, -0.25) is 15.4 Å². The summed E-state index contributed by atoms with van der Waals surface area (Å²) in [7, 11) is 0. The molecule has 0 aliphatic carbocycles. The van der Waals surface area contributed by atoms with E-state index in [4.69, 9.17) is 10.2 Å². The Hall–Kier alpha value is -2.20. The summed E-state index contributed by atoms with van der Waals surface area (Å²) in [6.07, 6.45) is 10.7. The van der Waals surface area contributed by atoms with Crippen LogP contribution in [0.4, 0.5) is 9.59 Å². The third-order valence-electron chi connectivity index (χ3n) is 6.27. The number of unbranched alkanes of at least 4 members (excludes halogenated alkanes) is 10. The van der Waals surface area contributed by atoms with Gasteiger partial charge >= 0.3 is 12.2 Å². The van der Waals surface area contributed by atoms with E-state index in [0.717, 1.165) is 44.9 Å². The Balaban J connectivity index is 3.95.